The third-order valence-electron chi connectivity index (χ3n) is 3.62. The number of benzene rings is 2. The lowest BCUT2D eigenvalue weighted by Gasteiger charge is -2.08. The first-order valence-electron chi connectivity index (χ1n) is 8.82. The van der Waals surface area contributed by atoms with Crippen molar-refractivity contribution >= 4 is 22.0 Å². The summed E-state index contributed by atoms with van der Waals surface area (Å²) in [7, 11) is -3.60. The molecule has 2 aromatic carbocycles. The van der Waals surface area contributed by atoms with Gasteiger partial charge in [-0.05, 0) is 42.3 Å². The van der Waals surface area contributed by atoms with E-state index in [2.05, 4.69) is 10.0 Å². The van der Waals surface area contributed by atoms with Crippen LogP contribution in [0.1, 0.15) is 18.4 Å². The second-order valence-corrected chi connectivity index (χ2v) is 7.56. The molecule has 0 fully saturated rings. The summed E-state index contributed by atoms with van der Waals surface area (Å²) in [5.41, 5.74) is 0.772. The summed E-state index contributed by atoms with van der Waals surface area (Å²) in [5.74, 6) is -0.0204. The maximum Gasteiger partial charge on any atom is 0.233 e. The molecule has 0 spiro atoms. The van der Waals surface area contributed by atoms with Gasteiger partial charge in [-0.1, -0.05) is 30.3 Å². The Labute approximate surface area is 164 Å². The second kappa shape index (κ2) is 11.2. The molecular weight excluding hydrogens is 383 g/mol. The molecule has 6 nitrogen and oxygen atoms in total. The molecule has 0 atom stereocenters. The van der Waals surface area contributed by atoms with Gasteiger partial charge in [-0.25, -0.2) is 17.5 Å². The average Bonchev–Trinajstić information content (AvgIpc) is 2.68. The summed E-state index contributed by atoms with van der Waals surface area (Å²) in [4.78, 5) is 11.7. The Kier molecular flexibility index (Phi) is 8.64. The fraction of sp³-hybridized carbons (Fsp3) is 0.250. The zero-order valence-corrected chi connectivity index (χ0v) is 16.1. The minimum absolute atomic E-state index is 0.0133. The SMILES string of the molecule is O=C(CCNS(=O)(=O)/C=C/c1ccccc1)NCCCOc1ccc(F)cc1. The molecule has 28 heavy (non-hydrogen) atoms. The monoisotopic (exact) mass is 406 g/mol. The van der Waals surface area contributed by atoms with Crippen LogP contribution < -0.4 is 14.8 Å². The van der Waals surface area contributed by atoms with Crippen molar-refractivity contribution in [2.45, 2.75) is 12.8 Å². The number of hydrogen-bond acceptors (Lipinski definition) is 4. The smallest absolute Gasteiger partial charge is 0.233 e. The minimum atomic E-state index is -3.60. The topological polar surface area (TPSA) is 84.5 Å². The Morgan fingerprint density at radius 3 is 2.46 bits per heavy atom. The van der Waals surface area contributed by atoms with Crippen LogP contribution >= 0.6 is 0 Å². The maximum absolute atomic E-state index is 12.8. The summed E-state index contributed by atoms with van der Waals surface area (Å²) >= 11 is 0. The quantitative estimate of drug-likeness (QED) is 0.562. The molecule has 1 amide bonds. The van der Waals surface area contributed by atoms with Crippen molar-refractivity contribution in [2.24, 2.45) is 0 Å². The number of carbonyl (C=O) groups is 1. The standard InChI is InChI=1S/C20H23FN2O4S/c21-18-7-9-19(10-8-18)27-15-4-13-22-20(24)11-14-23-28(25,26)16-12-17-5-2-1-3-6-17/h1-3,5-10,12,16,23H,4,11,13-15H2,(H,22,24)/b16-12+. The highest BCUT2D eigenvalue weighted by atomic mass is 32.2. The lowest BCUT2D eigenvalue weighted by atomic mass is 10.2. The molecule has 150 valence electrons. The molecule has 2 aromatic rings. The fourth-order valence-corrected chi connectivity index (χ4v) is 3.02. The Morgan fingerprint density at radius 2 is 1.75 bits per heavy atom. The number of amides is 1. The molecule has 0 bridgehead atoms. The molecule has 0 aliphatic carbocycles. The van der Waals surface area contributed by atoms with Gasteiger partial charge in [-0.3, -0.25) is 4.79 Å². The molecule has 8 heteroatoms. The molecule has 0 heterocycles. The Hall–Kier alpha value is -2.71. The van der Waals surface area contributed by atoms with E-state index in [-0.39, 0.29) is 24.7 Å². The van der Waals surface area contributed by atoms with E-state index in [1.165, 1.54) is 30.3 Å². The van der Waals surface area contributed by atoms with Crippen LogP contribution in [0.15, 0.2) is 60.0 Å². The van der Waals surface area contributed by atoms with E-state index in [0.29, 0.717) is 25.3 Å². The summed E-state index contributed by atoms with van der Waals surface area (Å²) in [6.45, 7) is 0.795. The van der Waals surface area contributed by atoms with E-state index in [0.717, 1.165) is 11.0 Å². The minimum Gasteiger partial charge on any atom is -0.494 e. The number of sulfonamides is 1. The van der Waals surface area contributed by atoms with Crippen LogP contribution in [-0.2, 0) is 14.8 Å². The molecule has 0 saturated carbocycles. The highest BCUT2D eigenvalue weighted by Crippen LogP contribution is 2.10. The van der Waals surface area contributed by atoms with E-state index in [1.807, 2.05) is 18.2 Å². The molecule has 0 radical (unpaired) electrons. The van der Waals surface area contributed by atoms with Gasteiger partial charge in [0.05, 0.1) is 6.61 Å². The normalized spacial score (nSPS) is 11.5. The number of hydrogen-bond donors (Lipinski definition) is 2. The van der Waals surface area contributed by atoms with Crippen LogP contribution in [-0.4, -0.2) is 34.0 Å². The maximum atomic E-state index is 12.8. The Morgan fingerprint density at radius 1 is 1.04 bits per heavy atom. The van der Waals surface area contributed by atoms with Gasteiger partial charge in [0, 0.05) is 24.9 Å². The van der Waals surface area contributed by atoms with Gasteiger partial charge in [0.25, 0.3) is 0 Å². The van der Waals surface area contributed by atoms with Gasteiger partial charge < -0.3 is 10.1 Å². The lowest BCUT2D eigenvalue weighted by molar-refractivity contribution is -0.120. The molecular formula is C20H23FN2O4S. The highest BCUT2D eigenvalue weighted by Gasteiger charge is 2.07. The van der Waals surface area contributed by atoms with Crippen molar-refractivity contribution in [1.29, 1.82) is 0 Å². The van der Waals surface area contributed by atoms with Crippen molar-refractivity contribution in [3.05, 3.63) is 71.4 Å². The third-order valence-corrected chi connectivity index (χ3v) is 4.72. The van der Waals surface area contributed by atoms with Crippen LogP contribution in [0.5, 0.6) is 5.75 Å². The first-order valence-corrected chi connectivity index (χ1v) is 10.4. The molecule has 0 aliphatic heterocycles. The number of nitrogens with one attached hydrogen (secondary N) is 2. The third kappa shape index (κ3) is 8.79. The number of halogens is 1. The van der Waals surface area contributed by atoms with E-state index < -0.39 is 10.0 Å². The van der Waals surface area contributed by atoms with Crippen molar-refractivity contribution in [3.8, 4) is 5.75 Å². The van der Waals surface area contributed by atoms with Crippen molar-refractivity contribution < 1.29 is 22.3 Å². The average molecular weight is 406 g/mol. The second-order valence-electron chi connectivity index (χ2n) is 5.91. The Balaban J connectivity index is 1.57. The Bertz CT molecular complexity index is 869. The molecule has 2 rings (SSSR count). The van der Waals surface area contributed by atoms with Crippen LogP contribution in [0, 0.1) is 5.82 Å². The molecule has 0 aliphatic rings. The van der Waals surface area contributed by atoms with Gasteiger partial charge in [0.15, 0.2) is 0 Å². The van der Waals surface area contributed by atoms with E-state index in [9.17, 15) is 17.6 Å². The zero-order valence-electron chi connectivity index (χ0n) is 15.3. The summed E-state index contributed by atoms with van der Waals surface area (Å²) in [5, 5.41) is 3.77. The predicted molar refractivity (Wildman–Crippen MR) is 107 cm³/mol. The van der Waals surface area contributed by atoms with Gasteiger partial charge in [-0.15, -0.1) is 0 Å². The molecule has 0 aromatic heterocycles. The van der Waals surface area contributed by atoms with Crippen molar-refractivity contribution in [3.63, 3.8) is 0 Å². The fourth-order valence-electron chi connectivity index (χ4n) is 2.20. The van der Waals surface area contributed by atoms with Crippen LogP contribution in [0.4, 0.5) is 4.39 Å². The summed E-state index contributed by atoms with van der Waals surface area (Å²) in [6, 6.07) is 14.7. The largest absolute Gasteiger partial charge is 0.494 e. The first kappa shape index (κ1) is 21.6. The lowest BCUT2D eigenvalue weighted by Crippen LogP contribution is -2.30. The first-order chi connectivity index (χ1) is 13.4. The van der Waals surface area contributed by atoms with Gasteiger partial charge in [0.1, 0.15) is 11.6 Å². The van der Waals surface area contributed by atoms with Gasteiger partial charge >= 0.3 is 0 Å². The number of ether oxygens (including phenoxy) is 1. The van der Waals surface area contributed by atoms with Crippen LogP contribution in [0.3, 0.4) is 0 Å². The highest BCUT2D eigenvalue weighted by molar-refractivity contribution is 7.92. The number of carbonyl (C=O) groups excluding carboxylic acids is 1. The summed E-state index contributed by atoms with van der Waals surface area (Å²) < 4.78 is 44.3. The molecule has 0 unspecified atom stereocenters. The van der Waals surface area contributed by atoms with Crippen LogP contribution in [0.2, 0.25) is 0 Å². The van der Waals surface area contributed by atoms with Crippen molar-refractivity contribution in [2.75, 3.05) is 19.7 Å². The number of rotatable bonds is 11. The van der Waals surface area contributed by atoms with E-state index in [1.54, 1.807) is 12.1 Å². The predicted octanol–water partition coefficient (Wildman–Crippen LogP) is 2.69. The van der Waals surface area contributed by atoms with Crippen molar-refractivity contribution in [1.82, 2.24) is 10.0 Å². The van der Waals surface area contributed by atoms with E-state index in [4.69, 9.17) is 4.74 Å². The summed E-state index contributed by atoms with van der Waals surface area (Å²) in [6.07, 6.45) is 2.11. The zero-order chi connectivity index (χ0) is 20.2. The molecule has 2 N–H and O–H groups in total. The van der Waals surface area contributed by atoms with Gasteiger partial charge in [-0.2, -0.15) is 0 Å². The van der Waals surface area contributed by atoms with E-state index >= 15 is 0 Å². The van der Waals surface area contributed by atoms with Gasteiger partial charge in [0.2, 0.25) is 15.9 Å². The van der Waals surface area contributed by atoms with Crippen LogP contribution in [0.25, 0.3) is 6.08 Å². The molecule has 0 saturated heterocycles.